The number of rotatable bonds is 7. The van der Waals surface area contributed by atoms with Crippen LogP contribution >= 0.6 is 0 Å². The summed E-state index contributed by atoms with van der Waals surface area (Å²) < 4.78 is 16.0. The molecule has 0 radical (unpaired) electrons. The number of carboxylic acids is 1. The number of ether oxygens (including phenoxy) is 3. The number of esters is 1. The van der Waals surface area contributed by atoms with Gasteiger partial charge in [0.1, 0.15) is 18.1 Å². The van der Waals surface area contributed by atoms with Crippen LogP contribution in [0.2, 0.25) is 0 Å². The highest BCUT2D eigenvalue weighted by molar-refractivity contribution is 5.85. The molecule has 2 rings (SSSR count). The van der Waals surface area contributed by atoms with E-state index in [-0.39, 0.29) is 6.61 Å². The van der Waals surface area contributed by atoms with Crippen molar-refractivity contribution in [1.82, 2.24) is 0 Å². The molecule has 25 heavy (non-hydrogen) atoms. The molecule has 1 fully saturated rings. The van der Waals surface area contributed by atoms with E-state index in [0.717, 1.165) is 12.8 Å². The first-order valence-corrected chi connectivity index (χ1v) is 8.59. The Morgan fingerprint density at radius 3 is 2.60 bits per heavy atom. The first-order valence-electron chi connectivity index (χ1n) is 8.59. The predicted octanol–water partition coefficient (Wildman–Crippen LogP) is 3.42. The second-order valence-corrected chi connectivity index (χ2v) is 6.40. The van der Waals surface area contributed by atoms with Crippen molar-refractivity contribution in [2.75, 3.05) is 14.2 Å². The molecular formula is C19H26O6. The molecule has 6 nitrogen and oxygen atoms in total. The van der Waals surface area contributed by atoms with Crippen LogP contribution in [0.1, 0.15) is 44.6 Å². The monoisotopic (exact) mass is 350 g/mol. The fourth-order valence-electron chi connectivity index (χ4n) is 3.67. The van der Waals surface area contributed by atoms with E-state index >= 15 is 0 Å². The number of aliphatic carboxylic acids is 1. The molecule has 0 heterocycles. The van der Waals surface area contributed by atoms with Gasteiger partial charge in [0.15, 0.2) is 0 Å². The summed E-state index contributed by atoms with van der Waals surface area (Å²) in [5.74, 6) is -0.816. The second kappa shape index (κ2) is 8.23. The first-order chi connectivity index (χ1) is 12.0. The standard InChI is InChI=1S/C19H26O6/c1-4-19(10-6-5-7-15(19)17(20)21)18(22)25-12-13-8-9-14(23-2)11-16(13)24-3/h8-9,11,15H,4-7,10,12H2,1-3H3,(H,20,21)/t15-,19+/m1/s1. The molecule has 0 spiro atoms. The van der Waals surface area contributed by atoms with Crippen LogP contribution in [0.15, 0.2) is 18.2 Å². The third kappa shape index (κ3) is 3.89. The molecule has 0 aliphatic heterocycles. The van der Waals surface area contributed by atoms with E-state index in [1.54, 1.807) is 25.3 Å². The smallest absolute Gasteiger partial charge is 0.313 e. The summed E-state index contributed by atoms with van der Waals surface area (Å²) in [6.07, 6.45) is 3.21. The van der Waals surface area contributed by atoms with Gasteiger partial charge in [0.05, 0.1) is 25.6 Å². The zero-order valence-electron chi connectivity index (χ0n) is 15.0. The van der Waals surface area contributed by atoms with E-state index in [9.17, 15) is 14.7 Å². The van der Waals surface area contributed by atoms with Crippen molar-refractivity contribution in [3.8, 4) is 11.5 Å². The van der Waals surface area contributed by atoms with Crippen molar-refractivity contribution >= 4 is 11.9 Å². The maximum absolute atomic E-state index is 12.8. The molecule has 138 valence electrons. The topological polar surface area (TPSA) is 82.1 Å². The van der Waals surface area contributed by atoms with Crippen molar-refractivity contribution in [1.29, 1.82) is 0 Å². The lowest BCUT2D eigenvalue weighted by Crippen LogP contribution is -2.45. The van der Waals surface area contributed by atoms with Crippen LogP contribution in [0.5, 0.6) is 11.5 Å². The quantitative estimate of drug-likeness (QED) is 0.759. The largest absolute Gasteiger partial charge is 0.497 e. The molecule has 1 N–H and O–H groups in total. The van der Waals surface area contributed by atoms with Crippen LogP contribution in [0.3, 0.4) is 0 Å². The van der Waals surface area contributed by atoms with Crippen molar-refractivity contribution < 1.29 is 28.9 Å². The lowest BCUT2D eigenvalue weighted by molar-refractivity contribution is -0.172. The molecule has 1 saturated carbocycles. The molecule has 0 aromatic heterocycles. The number of benzene rings is 1. The molecule has 1 aromatic carbocycles. The van der Waals surface area contributed by atoms with Crippen molar-refractivity contribution in [3.63, 3.8) is 0 Å². The summed E-state index contributed by atoms with van der Waals surface area (Å²) in [4.78, 5) is 24.4. The Morgan fingerprint density at radius 2 is 2.00 bits per heavy atom. The number of hydrogen-bond acceptors (Lipinski definition) is 5. The van der Waals surface area contributed by atoms with Gasteiger partial charge in [-0.2, -0.15) is 0 Å². The molecule has 6 heteroatoms. The number of carboxylic acid groups (broad SMARTS) is 1. The average molecular weight is 350 g/mol. The second-order valence-electron chi connectivity index (χ2n) is 6.40. The summed E-state index contributed by atoms with van der Waals surface area (Å²) in [6.45, 7) is 1.90. The van der Waals surface area contributed by atoms with Crippen LogP contribution in [-0.4, -0.2) is 31.3 Å². The molecule has 0 bridgehead atoms. The molecule has 0 unspecified atom stereocenters. The molecule has 1 aromatic rings. The number of carbonyl (C=O) groups excluding carboxylic acids is 1. The fourth-order valence-corrected chi connectivity index (χ4v) is 3.67. The molecule has 2 atom stereocenters. The minimum atomic E-state index is -0.941. The highest BCUT2D eigenvalue weighted by Crippen LogP contribution is 2.45. The van der Waals surface area contributed by atoms with Crippen LogP contribution < -0.4 is 9.47 Å². The van der Waals surface area contributed by atoms with Crippen LogP contribution in [0, 0.1) is 11.3 Å². The summed E-state index contributed by atoms with van der Waals surface area (Å²) in [7, 11) is 3.10. The Kier molecular flexibility index (Phi) is 6.28. The highest BCUT2D eigenvalue weighted by Gasteiger charge is 2.50. The van der Waals surface area contributed by atoms with Gasteiger partial charge < -0.3 is 19.3 Å². The summed E-state index contributed by atoms with van der Waals surface area (Å²) >= 11 is 0. The molecule has 1 aliphatic carbocycles. The maximum atomic E-state index is 12.8. The van der Waals surface area contributed by atoms with Gasteiger partial charge in [0.2, 0.25) is 0 Å². The number of carbonyl (C=O) groups is 2. The van der Waals surface area contributed by atoms with Gasteiger partial charge in [0.25, 0.3) is 0 Å². The minimum absolute atomic E-state index is 0.0418. The lowest BCUT2D eigenvalue weighted by Gasteiger charge is -2.39. The summed E-state index contributed by atoms with van der Waals surface area (Å²) in [5, 5.41) is 9.54. The normalized spacial score (nSPS) is 22.9. The minimum Gasteiger partial charge on any atom is -0.497 e. The summed E-state index contributed by atoms with van der Waals surface area (Å²) in [5.41, 5.74) is -0.227. The van der Waals surface area contributed by atoms with E-state index in [0.29, 0.717) is 36.3 Å². The Labute approximate surface area is 148 Å². The third-order valence-electron chi connectivity index (χ3n) is 5.22. The fraction of sp³-hybridized carbons (Fsp3) is 0.579. The van der Waals surface area contributed by atoms with Crippen molar-refractivity contribution in [2.45, 2.75) is 45.6 Å². The molecule has 1 aliphatic rings. The van der Waals surface area contributed by atoms with Gasteiger partial charge in [-0.1, -0.05) is 19.8 Å². The predicted molar refractivity (Wildman–Crippen MR) is 91.7 cm³/mol. The van der Waals surface area contributed by atoms with Crippen LogP contribution in [0.4, 0.5) is 0 Å². The van der Waals surface area contributed by atoms with E-state index in [2.05, 4.69) is 0 Å². The lowest BCUT2D eigenvalue weighted by atomic mass is 9.64. The number of hydrogen-bond donors (Lipinski definition) is 1. The van der Waals surface area contributed by atoms with Crippen molar-refractivity contribution in [2.24, 2.45) is 11.3 Å². The van der Waals surface area contributed by atoms with Gasteiger partial charge in [-0.15, -0.1) is 0 Å². The van der Waals surface area contributed by atoms with E-state index in [1.807, 2.05) is 6.92 Å². The summed E-state index contributed by atoms with van der Waals surface area (Å²) in [6, 6.07) is 5.26. The van der Waals surface area contributed by atoms with Crippen LogP contribution in [-0.2, 0) is 20.9 Å². The molecule has 0 amide bonds. The molecule has 0 saturated heterocycles. The van der Waals surface area contributed by atoms with E-state index in [4.69, 9.17) is 14.2 Å². The maximum Gasteiger partial charge on any atom is 0.313 e. The zero-order valence-corrected chi connectivity index (χ0v) is 15.0. The van der Waals surface area contributed by atoms with Gasteiger partial charge in [-0.05, 0) is 31.4 Å². The SMILES string of the molecule is CC[C@]1(C(=O)OCc2ccc(OC)cc2OC)CCCC[C@@H]1C(=O)O. The zero-order chi connectivity index (χ0) is 18.4. The Morgan fingerprint density at radius 1 is 1.24 bits per heavy atom. The Balaban J connectivity index is 2.16. The van der Waals surface area contributed by atoms with Gasteiger partial charge in [0, 0.05) is 11.6 Å². The molecular weight excluding hydrogens is 324 g/mol. The first kappa shape index (κ1) is 19.1. The van der Waals surface area contributed by atoms with Gasteiger partial charge in [-0.3, -0.25) is 9.59 Å². The van der Waals surface area contributed by atoms with Gasteiger partial charge in [-0.25, -0.2) is 0 Å². The number of methoxy groups -OCH3 is 2. The van der Waals surface area contributed by atoms with Crippen molar-refractivity contribution in [3.05, 3.63) is 23.8 Å². The van der Waals surface area contributed by atoms with E-state index in [1.165, 1.54) is 7.11 Å². The Bertz CT molecular complexity index is 626. The third-order valence-corrected chi connectivity index (χ3v) is 5.22. The van der Waals surface area contributed by atoms with E-state index < -0.39 is 23.3 Å². The van der Waals surface area contributed by atoms with Gasteiger partial charge >= 0.3 is 11.9 Å². The Hall–Kier alpha value is -2.24. The average Bonchev–Trinajstić information content (AvgIpc) is 2.65. The van der Waals surface area contributed by atoms with Crippen LogP contribution in [0.25, 0.3) is 0 Å². The highest BCUT2D eigenvalue weighted by atomic mass is 16.5.